The lowest BCUT2D eigenvalue weighted by Crippen LogP contribution is -2.26. The van der Waals surface area contributed by atoms with Crippen molar-refractivity contribution in [2.24, 2.45) is 0 Å². The molecule has 1 heterocycles. The highest BCUT2D eigenvalue weighted by molar-refractivity contribution is 5.75. The van der Waals surface area contributed by atoms with Crippen LogP contribution in [0.5, 0.6) is 0 Å². The van der Waals surface area contributed by atoms with Crippen molar-refractivity contribution in [3.63, 3.8) is 0 Å². The first-order chi connectivity index (χ1) is 7.17. The molecule has 1 atom stereocenters. The maximum Gasteiger partial charge on any atom is 0.239 e. The number of nitrogens with one attached hydrogen (secondary N) is 1. The standard InChI is InChI=1S/C11H18N2O2/c1-3-10(14)9-5-6-13(7-9)8-11(15)12-4-2/h5-7,10,14H,3-4,8H2,1-2H3,(H,12,15). The van der Waals surface area contributed by atoms with Gasteiger partial charge >= 0.3 is 0 Å². The zero-order chi connectivity index (χ0) is 11.3. The molecule has 1 amide bonds. The molecular formula is C11H18N2O2. The van der Waals surface area contributed by atoms with Gasteiger partial charge in [-0.1, -0.05) is 6.92 Å². The van der Waals surface area contributed by atoms with Crippen LogP contribution in [0, 0.1) is 0 Å². The van der Waals surface area contributed by atoms with Gasteiger partial charge in [0.15, 0.2) is 0 Å². The Labute approximate surface area is 89.9 Å². The highest BCUT2D eigenvalue weighted by Gasteiger charge is 2.07. The van der Waals surface area contributed by atoms with Gasteiger partial charge in [-0.15, -0.1) is 0 Å². The second-order valence-electron chi connectivity index (χ2n) is 3.49. The van der Waals surface area contributed by atoms with Crippen molar-refractivity contribution < 1.29 is 9.90 Å². The quantitative estimate of drug-likeness (QED) is 0.763. The second-order valence-corrected chi connectivity index (χ2v) is 3.49. The van der Waals surface area contributed by atoms with E-state index >= 15 is 0 Å². The molecule has 84 valence electrons. The van der Waals surface area contributed by atoms with Crippen LogP contribution in [0.3, 0.4) is 0 Å². The Morgan fingerprint density at radius 3 is 2.93 bits per heavy atom. The Balaban J connectivity index is 2.56. The first kappa shape index (κ1) is 11.8. The van der Waals surface area contributed by atoms with Gasteiger partial charge in [0.1, 0.15) is 6.54 Å². The smallest absolute Gasteiger partial charge is 0.239 e. The maximum atomic E-state index is 11.3. The van der Waals surface area contributed by atoms with Crippen molar-refractivity contribution in [2.75, 3.05) is 6.54 Å². The minimum Gasteiger partial charge on any atom is -0.388 e. The van der Waals surface area contributed by atoms with E-state index in [-0.39, 0.29) is 5.91 Å². The molecule has 1 aromatic rings. The van der Waals surface area contributed by atoms with Crippen LogP contribution in [0.15, 0.2) is 18.5 Å². The molecule has 0 saturated carbocycles. The van der Waals surface area contributed by atoms with Crippen LogP contribution in [0.1, 0.15) is 31.9 Å². The summed E-state index contributed by atoms with van der Waals surface area (Å²) < 4.78 is 1.78. The number of likely N-dealkylation sites (N-methyl/N-ethyl adjacent to an activating group) is 1. The number of aliphatic hydroxyl groups is 1. The van der Waals surface area contributed by atoms with Crippen LogP contribution in [-0.2, 0) is 11.3 Å². The number of aliphatic hydroxyl groups excluding tert-OH is 1. The molecule has 2 N–H and O–H groups in total. The van der Waals surface area contributed by atoms with Gasteiger partial charge in [-0.05, 0) is 25.0 Å². The van der Waals surface area contributed by atoms with Gasteiger partial charge in [0.2, 0.25) is 5.91 Å². The van der Waals surface area contributed by atoms with Crippen LogP contribution in [0.25, 0.3) is 0 Å². The Morgan fingerprint density at radius 2 is 2.33 bits per heavy atom. The van der Waals surface area contributed by atoms with E-state index in [1.807, 2.05) is 32.3 Å². The maximum absolute atomic E-state index is 11.3. The highest BCUT2D eigenvalue weighted by Crippen LogP contribution is 2.15. The van der Waals surface area contributed by atoms with Crippen molar-refractivity contribution in [2.45, 2.75) is 32.9 Å². The van der Waals surface area contributed by atoms with Crippen LogP contribution in [0.4, 0.5) is 0 Å². The topological polar surface area (TPSA) is 54.3 Å². The average Bonchev–Trinajstić information content (AvgIpc) is 2.65. The third-order valence-corrected chi connectivity index (χ3v) is 2.24. The van der Waals surface area contributed by atoms with Crippen LogP contribution in [0.2, 0.25) is 0 Å². The summed E-state index contributed by atoms with van der Waals surface area (Å²) in [5, 5.41) is 12.3. The van der Waals surface area contributed by atoms with Crippen molar-refractivity contribution in [3.8, 4) is 0 Å². The molecule has 0 aliphatic carbocycles. The molecule has 1 rings (SSSR count). The molecule has 4 nitrogen and oxygen atoms in total. The molecule has 1 unspecified atom stereocenters. The van der Waals surface area contributed by atoms with Crippen molar-refractivity contribution in [1.29, 1.82) is 0 Å². The van der Waals surface area contributed by atoms with Gasteiger partial charge in [-0.25, -0.2) is 0 Å². The number of nitrogens with zero attached hydrogens (tertiary/aromatic N) is 1. The van der Waals surface area contributed by atoms with Gasteiger partial charge in [-0.2, -0.15) is 0 Å². The fraction of sp³-hybridized carbons (Fsp3) is 0.545. The Kier molecular flexibility index (Phi) is 4.37. The van der Waals surface area contributed by atoms with Gasteiger partial charge in [0, 0.05) is 18.9 Å². The molecular weight excluding hydrogens is 192 g/mol. The summed E-state index contributed by atoms with van der Waals surface area (Å²) in [6, 6.07) is 1.84. The first-order valence-corrected chi connectivity index (χ1v) is 5.27. The van der Waals surface area contributed by atoms with Gasteiger partial charge < -0.3 is 15.0 Å². The number of rotatable bonds is 5. The third kappa shape index (κ3) is 3.40. The Bertz CT molecular complexity index is 320. The van der Waals surface area contributed by atoms with E-state index in [4.69, 9.17) is 0 Å². The second kappa shape index (κ2) is 5.56. The fourth-order valence-corrected chi connectivity index (χ4v) is 1.41. The summed E-state index contributed by atoms with van der Waals surface area (Å²) in [5.74, 6) is -0.00867. The lowest BCUT2D eigenvalue weighted by Gasteiger charge is -2.05. The van der Waals surface area contributed by atoms with Gasteiger partial charge in [-0.3, -0.25) is 4.79 Å². The van der Waals surface area contributed by atoms with Crippen LogP contribution in [-0.4, -0.2) is 22.1 Å². The largest absolute Gasteiger partial charge is 0.388 e. The third-order valence-electron chi connectivity index (χ3n) is 2.24. The highest BCUT2D eigenvalue weighted by atomic mass is 16.3. The molecule has 4 heteroatoms. The summed E-state index contributed by atoms with van der Waals surface area (Å²) in [4.78, 5) is 11.3. The van der Waals surface area contributed by atoms with E-state index in [1.165, 1.54) is 0 Å². The average molecular weight is 210 g/mol. The zero-order valence-electron chi connectivity index (χ0n) is 9.23. The van der Waals surface area contributed by atoms with E-state index in [1.54, 1.807) is 4.57 Å². The molecule has 0 spiro atoms. The summed E-state index contributed by atoms with van der Waals surface area (Å²) in [7, 11) is 0. The molecule has 0 saturated heterocycles. The molecule has 0 fully saturated rings. The van der Waals surface area contributed by atoms with E-state index in [2.05, 4.69) is 5.32 Å². The summed E-state index contributed by atoms with van der Waals surface area (Å²) in [6.45, 7) is 4.76. The predicted molar refractivity (Wildman–Crippen MR) is 58.4 cm³/mol. The number of hydrogen-bond acceptors (Lipinski definition) is 2. The predicted octanol–water partition coefficient (Wildman–Crippen LogP) is 1.07. The molecule has 15 heavy (non-hydrogen) atoms. The van der Waals surface area contributed by atoms with E-state index in [0.717, 1.165) is 5.56 Å². The van der Waals surface area contributed by atoms with E-state index in [0.29, 0.717) is 19.5 Å². The number of carbonyl (C=O) groups excluding carboxylic acids is 1. The molecule has 0 radical (unpaired) electrons. The van der Waals surface area contributed by atoms with Crippen LogP contribution < -0.4 is 5.32 Å². The number of aromatic nitrogens is 1. The normalized spacial score (nSPS) is 12.5. The van der Waals surface area contributed by atoms with E-state index < -0.39 is 6.10 Å². The molecule has 1 aromatic heterocycles. The molecule has 0 aliphatic rings. The summed E-state index contributed by atoms with van der Waals surface area (Å²) in [5.41, 5.74) is 0.863. The lowest BCUT2D eigenvalue weighted by molar-refractivity contribution is -0.121. The van der Waals surface area contributed by atoms with Gasteiger partial charge in [0.05, 0.1) is 6.10 Å². The molecule has 0 aliphatic heterocycles. The van der Waals surface area contributed by atoms with Crippen LogP contribution >= 0.6 is 0 Å². The molecule has 0 aromatic carbocycles. The molecule has 0 bridgehead atoms. The minimum absolute atomic E-state index is 0.00867. The number of carbonyl (C=O) groups is 1. The lowest BCUT2D eigenvalue weighted by atomic mass is 10.1. The summed E-state index contributed by atoms with van der Waals surface area (Å²) >= 11 is 0. The Morgan fingerprint density at radius 1 is 1.60 bits per heavy atom. The van der Waals surface area contributed by atoms with Crippen molar-refractivity contribution >= 4 is 5.91 Å². The SMILES string of the molecule is CCNC(=O)Cn1ccc(C(O)CC)c1. The van der Waals surface area contributed by atoms with Crippen molar-refractivity contribution in [1.82, 2.24) is 9.88 Å². The minimum atomic E-state index is -0.430. The van der Waals surface area contributed by atoms with E-state index in [9.17, 15) is 9.90 Å². The monoisotopic (exact) mass is 210 g/mol. The number of amides is 1. The van der Waals surface area contributed by atoms with Crippen molar-refractivity contribution in [3.05, 3.63) is 24.0 Å². The van der Waals surface area contributed by atoms with Gasteiger partial charge in [0.25, 0.3) is 0 Å². The fourth-order valence-electron chi connectivity index (χ4n) is 1.41. The summed E-state index contributed by atoms with van der Waals surface area (Å²) in [6.07, 6.45) is 3.87. The number of hydrogen-bond donors (Lipinski definition) is 2. The first-order valence-electron chi connectivity index (χ1n) is 5.27. The Hall–Kier alpha value is -1.29. The zero-order valence-corrected chi connectivity index (χ0v) is 9.23.